The van der Waals surface area contributed by atoms with Gasteiger partial charge in [0.25, 0.3) is 0 Å². The largest absolute Gasteiger partial charge is 0.371 e. The topological polar surface area (TPSA) is 90.9 Å². The van der Waals surface area contributed by atoms with Crippen LogP contribution < -0.4 is 4.90 Å². The fourth-order valence-corrected chi connectivity index (χ4v) is 10.4. The first-order valence-electron chi connectivity index (χ1n) is 13.0. The van der Waals surface area contributed by atoms with Gasteiger partial charge in [0.05, 0.1) is 10.8 Å². The molecule has 0 aliphatic carbocycles. The minimum Gasteiger partial charge on any atom is -0.371 e. The van der Waals surface area contributed by atoms with Gasteiger partial charge in [-0.1, -0.05) is 23.7 Å². The van der Waals surface area contributed by atoms with Crippen molar-refractivity contribution in [2.75, 3.05) is 43.4 Å². The molecular weight excluding hydrogens is 532 g/mol. The summed E-state index contributed by atoms with van der Waals surface area (Å²) in [6.07, 6.45) is 7.90. The molecule has 0 N–H and O–H groups in total. The van der Waals surface area contributed by atoms with E-state index < -0.39 is 20.0 Å². The summed E-state index contributed by atoms with van der Waals surface area (Å²) in [5.74, 6) is 0.0483. The van der Waals surface area contributed by atoms with Crippen molar-refractivity contribution in [2.45, 2.75) is 56.4 Å². The van der Waals surface area contributed by atoms with Crippen molar-refractivity contribution in [2.24, 2.45) is 5.41 Å². The third-order valence-electron chi connectivity index (χ3n) is 8.26. The van der Waals surface area contributed by atoms with E-state index in [1.807, 2.05) is 12.1 Å². The second kappa shape index (κ2) is 10.4. The molecule has 5 rings (SSSR count). The van der Waals surface area contributed by atoms with Gasteiger partial charge in [-0.15, -0.1) is 0 Å². The van der Waals surface area contributed by atoms with Crippen LogP contribution in [0, 0.1) is 12.3 Å². The number of halogens is 1. The molecule has 2 unspecified atom stereocenters. The Bertz CT molecular complexity index is 1320. The molecule has 2 atom stereocenters. The van der Waals surface area contributed by atoms with E-state index in [1.165, 1.54) is 4.31 Å². The summed E-state index contributed by atoms with van der Waals surface area (Å²) in [5.41, 5.74) is 1.76. The van der Waals surface area contributed by atoms with Gasteiger partial charge in [0, 0.05) is 62.3 Å². The molecule has 1 aromatic carbocycles. The Labute approximate surface area is 225 Å². The maximum absolute atomic E-state index is 13.4. The first-order valence-corrected chi connectivity index (χ1v) is 16.4. The predicted octanol–water partition coefficient (Wildman–Crippen LogP) is 3.91. The number of pyridine rings is 1. The molecule has 3 aliphatic heterocycles. The summed E-state index contributed by atoms with van der Waals surface area (Å²) in [7, 11) is -7.14. The van der Waals surface area contributed by atoms with E-state index in [-0.39, 0.29) is 27.1 Å². The van der Waals surface area contributed by atoms with Crippen molar-refractivity contribution in [3.63, 3.8) is 0 Å². The molecule has 1 aromatic heterocycles. The van der Waals surface area contributed by atoms with Crippen LogP contribution in [0.3, 0.4) is 0 Å². The van der Waals surface area contributed by atoms with Gasteiger partial charge >= 0.3 is 0 Å². The van der Waals surface area contributed by atoms with Crippen LogP contribution in [-0.2, 0) is 20.0 Å². The van der Waals surface area contributed by atoms with Crippen LogP contribution in [0.15, 0.2) is 47.6 Å². The predicted molar refractivity (Wildman–Crippen MR) is 146 cm³/mol. The number of anilines is 1. The molecule has 3 fully saturated rings. The van der Waals surface area contributed by atoms with Gasteiger partial charge in [-0.25, -0.2) is 21.1 Å². The van der Waals surface area contributed by atoms with Crippen LogP contribution in [0.4, 0.5) is 5.69 Å². The number of hydrogen-bond donors (Lipinski definition) is 0. The average molecular weight is 567 g/mol. The third-order valence-corrected chi connectivity index (χ3v) is 12.7. The number of aryl methyl sites for hydroxylation is 1. The molecule has 1 spiro atoms. The van der Waals surface area contributed by atoms with Crippen molar-refractivity contribution < 1.29 is 16.8 Å². The second-order valence-electron chi connectivity index (χ2n) is 10.7. The summed E-state index contributed by atoms with van der Waals surface area (Å²) in [6.45, 7) is 5.09. The zero-order valence-corrected chi connectivity index (χ0v) is 23.6. The van der Waals surface area contributed by atoms with Crippen molar-refractivity contribution in [1.29, 1.82) is 0 Å². The molecule has 0 amide bonds. The van der Waals surface area contributed by atoms with E-state index in [9.17, 15) is 16.8 Å². The van der Waals surface area contributed by atoms with Gasteiger partial charge in [0.2, 0.25) is 20.0 Å². The van der Waals surface area contributed by atoms with Crippen LogP contribution >= 0.6 is 11.6 Å². The van der Waals surface area contributed by atoms with Gasteiger partial charge in [-0.3, -0.25) is 4.98 Å². The van der Waals surface area contributed by atoms with Gasteiger partial charge in [0.1, 0.15) is 4.90 Å². The van der Waals surface area contributed by atoms with E-state index in [0.717, 1.165) is 44.5 Å². The summed E-state index contributed by atoms with van der Waals surface area (Å²) in [6, 6.07) is 8.89. The molecule has 3 aliphatic rings. The number of rotatable bonds is 8. The molecule has 2 aromatic rings. The molecule has 0 radical (unpaired) electrons. The average Bonchev–Trinajstić information content (AvgIpc) is 3.61. The maximum atomic E-state index is 13.4. The number of aromatic nitrogens is 1. The Hall–Kier alpha value is -1.72. The van der Waals surface area contributed by atoms with E-state index in [1.54, 1.807) is 41.8 Å². The van der Waals surface area contributed by atoms with Crippen molar-refractivity contribution >= 4 is 37.3 Å². The van der Waals surface area contributed by atoms with E-state index in [4.69, 9.17) is 11.6 Å². The number of hydrogen-bond acceptors (Lipinski definition) is 6. The number of sulfonamides is 2. The lowest BCUT2D eigenvalue weighted by Crippen LogP contribution is -2.37. The normalized spacial score (nSPS) is 25.5. The SMILES string of the molecule is Cc1cccc(Cl)c1S(=O)(=O)N1CCCC1CCCS(=O)(=O)N1CCC2(CCN(c3ccncc3)C2)C1. The van der Waals surface area contributed by atoms with E-state index in [0.29, 0.717) is 38.0 Å². The molecule has 8 nitrogen and oxygen atoms in total. The smallest absolute Gasteiger partial charge is 0.245 e. The maximum Gasteiger partial charge on any atom is 0.245 e. The minimum absolute atomic E-state index is 0.000514. The molecule has 0 bridgehead atoms. The molecule has 4 heterocycles. The molecule has 11 heteroatoms. The van der Waals surface area contributed by atoms with Gasteiger partial charge in [-0.2, -0.15) is 4.31 Å². The first kappa shape index (κ1) is 26.9. The van der Waals surface area contributed by atoms with E-state index >= 15 is 0 Å². The van der Waals surface area contributed by atoms with Crippen LogP contribution in [0.1, 0.15) is 44.1 Å². The Morgan fingerprint density at radius 2 is 1.78 bits per heavy atom. The summed E-state index contributed by atoms with van der Waals surface area (Å²) >= 11 is 6.28. The highest BCUT2D eigenvalue weighted by Crippen LogP contribution is 2.42. The number of benzene rings is 1. The summed E-state index contributed by atoms with van der Waals surface area (Å²) < 4.78 is 56.6. The Kier molecular flexibility index (Phi) is 7.59. The lowest BCUT2D eigenvalue weighted by Gasteiger charge is -2.26. The molecule has 202 valence electrons. The monoisotopic (exact) mass is 566 g/mol. The van der Waals surface area contributed by atoms with Gasteiger partial charge in [-0.05, 0) is 69.2 Å². The molecule has 3 saturated heterocycles. The van der Waals surface area contributed by atoms with Gasteiger partial charge in [0.15, 0.2) is 0 Å². The fourth-order valence-electron chi connectivity index (χ4n) is 6.28. The second-order valence-corrected chi connectivity index (χ2v) is 15.0. The first-order chi connectivity index (χ1) is 17.6. The Balaban J connectivity index is 1.18. The highest BCUT2D eigenvalue weighted by atomic mass is 35.5. The minimum atomic E-state index is -3.74. The molecule has 0 saturated carbocycles. The third kappa shape index (κ3) is 5.41. The summed E-state index contributed by atoms with van der Waals surface area (Å²) in [5, 5.41) is 0.227. The van der Waals surface area contributed by atoms with Crippen LogP contribution in [0.25, 0.3) is 0 Å². The number of nitrogens with zero attached hydrogens (tertiary/aromatic N) is 4. The molecular formula is C26H35ClN4O4S2. The lowest BCUT2D eigenvalue weighted by molar-refractivity contribution is 0.340. The fraction of sp³-hybridized carbons (Fsp3) is 0.577. The highest BCUT2D eigenvalue weighted by molar-refractivity contribution is 7.89. The van der Waals surface area contributed by atoms with Crippen LogP contribution in [0.5, 0.6) is 0 Å². The van der Waals surface area contributed by atoms with Crippen molar-refractivity contribution in [3.05, 3.63) is 53.3 Å². The summed E-state index contributed by atoms with van der Waals surface area (Å²) in [4.78, 5) is 6.58. The van der Waals surface area contributed by atoms with Crippen molar-refractivity contribution in [1.82, 2.24) is 13.6 Å². The van der Waals surface area contributed by atoms with Gasteiger partial charge < -0.3 is 4.90 Å². The Morgan fingerprint density at radius 3 is 2.54 bits per heavy atom. The van der Waals surface area contributed by atoms with Crippen molar-refractivity contribution in [3.8, 4) is 0 Å². The van der Waals surface area contributed by atoms with E-state index in [2.05, 4.69) is 9.88 Å². The van der Waals surface area contributed by atoms with Crippen LogP contribution in [-0.4, -0.2) is 74.9 Å². The Morgan fingerprint density at radius 1 is 1.03 bits per heavy atom. The highest BCUT2D eigenvalue weighted by Gasteiger charge is 2.46. The standard InChI is InChI=1S/C26H35ClN4O4S2/c1-21-5-2-8-24(27)25(21)37(34,35)31-15-3-6-23(31)7-4-18-36(32,33)30-17-12-26(20-30)11-16-29(19-26)22-9-13-28-14-10-22/h2,5,8-10,13-14,23H,3-4,6-7,11-12,15-20H2,1H3. The lowest BCUT2D eigenvalue weighted by atomic mass is 9.86. The zero-order valence-electron chi connectivity index (χ0n) is 21.2. The van der Waals surface area contributed by atoms with Crippen LogP contribution in [0.2, 0.25) is 5.02 Å². The molecule has 37 heavy (non-hydrogen) atoms. The quantitative estimate of drug-likeness (QED) is 0.481. The zero-order chi connectivity index (χ0) is 26.3.